The van der Waals surface area contributed by atoms with Crippen molar-refractivity contribution in [3.8, 4) is 5.88 Å². The van der Waals surface area contributed by atoms with Crippen molar-refractivity contribution >= 4 is 46.6 Å². The second-order valence-corrected chi connectivity index (χ2v) is 10.3. The molecule has 1 aromatic heterocycles. The van der Waals surface area contributed by atoms with E-state index in [2.05, 4.69) is 10.2 Å². The molecule has 1 saturated heterocycles. The monoisotopic (exact) mass is 578 g/mol. The van der Waals surface area contributed by atoms with Gasteiger partial charge in [0.05, 0.1) is 28.6 Å². The van der Waals surface area contributed by atoms with Gasteiger partial charge in [0, 0.05) is 23.6 Å². The van der Waals surface area contributed by atoms with Crippen LogP contribution in [0.5, 0.6) is 5.88 Å². The van der Waals surface area contributed by atoms with Gasteiger partial charge in [-0.25, -0.2) is 4.79 Å². The van der Waals surface area contributed by atoms with Crippen LogP contribution in [0.2, 0.25) is 5.02 Å². The molecule has 0 saturated carbocycles. The van der Waals surface area contributed by atoms with Crippen LogP contribution >= 0.6 is 22.9 Å². The van der Waals surface area contributed by atoms with Crippen LogP contribution in [-0.4, -0.2) is 50.9 Å². The highest BCUT2D eigenvalue weighted by molar-refractivity contribution is 7.10. The van der Waals surface area contributed by atoms with Gasteiger partial charge in [-0.1, -0.05) is 35.1 Å². The second kappa shape index (κ2) is 9.97. The molecular weight excluding hydrogens is 561 g/mol. The zero-order valence-electron chi connectivity index (χ0n) is 19.8. The molecule has 0 bridgehead atoms. The minimum absolute atomic E-state index is 0.0108. The van der Waals surface area contributed by atoms with Crippen molar-refractivity contribution in [2.24, 2.45) is 10.2 Å². The number of aromatic hydroxyl groups is 1. The Morgan fingerprint density at radius 2 is 1.95 bits per heavy atom. The van der Waals surface area contributed by atoms with Crippen LogP contribution in [0.4, 0.5) is 18.0 Å². The Morgan fingerprint density at radius 3 is 2.64 bits per heavy atom. The number of rotatable bonds is 4. The van der Waals surface area contributed by atoms with E-state index in [1.54, 1.807) is 18.2 Å². The Bertz CT molecular complexity index is 1730. The molecule has 1 unspecified atom stereocenters. The van der Waals surface area contributed by atoms with Crippen molar-refractivity contribution in [3.63, 3.8) is 0 Å². The van der Waals surface area contributed by atoms with Gasteiger partial charge in [0.25, 0.3) is 0 Å². The number of thiazole rings is 1. The lowest BCUT2D eigenvalue weighted by atomic mass is 9.96. The standard InChI is InChI=1S/C25H18ClF3N4O5S/c26-15-3-1-13(17(9-15)25(27,28)29)8-16(12-2-4-18-14(7-12)10-30-31-18)21-22(35)33(24(38)39-21)19-5-6-32(23(36)37)11-20(19)34/h1-4,7,9-10,19,35H,5-6,8,11H2,(H,36,37). The summed E-state index contributed by atoms with van der Waals surface area (Å²) in [6.45, 7) is -0.492. The number of amides is 1. The number of hydrogen-bond acceptors (Lipinski definition) is 7. The van der Waals surface area contributed by atoms with Gasteiger partial charge >= 0.3 is 17.1 Å². The zero-order chi connectivity index (χ0) is 28.1. The maximum Gasteiger partial charge on any atom is 0.416 e. The highest BCUT2D eigenvalue weighted by Gasteiger charge is 2.36. The summed E-state index contributed by atoms with van der Waals surface area (Å²) >= 11 is 6.44. The third-order valence-electron chi connectivity index (χ3n) is 6.55. The van der Waals surface area contributed by atoms with Gasteiger partial charge in [0.1, 0.15) is 6.04 Å². The number of halogens is 4. The van der Waals surface area contributed by atoms with E-state index >= 15 is 0 Å². The summed E-state index contributed by atoms with van der Waals surface area (Å²) in [4.78, 5) is 37.2. The quantitative estimate of drug-likeness (QED) is 0.492. The fourth-order valence-corrected chi connectivity index (χ4v) is 5.82. The summed E-state index contributed by atoms with van der Waals surface area (Å²) in [5.41, 5.74) is -0.301. The van der Waals surface area contributed by atoms with Gasteiger partial charge in [-0.05, 0) is 47.0 Å². The molecule has 1 amide bonds. The number of fused-ring (bicyclic) bond motifs is 1. The van der Waals surface area contributed by atoms with E-state index in [0.717, 1.165) is 15.5 Å². The highest BCUT2D eigenvalue weighted by atomic mass is 35.5. The Balaban J connectivity index is 1.67. The zero-order valence-corrected chi connectivity index (χ0v) is 21.3. The molecule has 202 valence electrons. The molecule has 2 aliphatic rings. The number of benzene rings is 2. The molecular formula is C25H18ClF3N4O5S. The predicted octanol–water partition coefficient (Wildman–Crippen LogP) is 3.19. The molecule has 5 rings (SSSR count). The number of Topliss-reactive ketones (excluding diaryl/α,β-unsaturated/α-hetero) is 1. The van der Waals surface area contributed by atoms with Gasteiger partial charge < -0.3 is 15.1 Å². The Kier molecular flexibility index (Phi) is 6.81. The molecule has 1 atom stereocenters. The number of aromatic nitrogens is 1. The smallest absolute Gasteiger partial charge is 0.416 e. The van der Waals surface area contributed by atoms with Crippen molar-refractivity contribution < 1.29 is 33.0 Å². The number of hydrogen-bond donors (Lipinski definition) is 2. The SMILES string of the molecule is O=C1CN(C(=O)O)CCC1n1c(O)c(C(Cc2ccc(Cl)cc2C(F)(F)F)=c2ccc3c(c2)C=NN=3)sc1=O. The summed E-state index contributed by atoms with van der Waals surface area (Å²) in [5.74, 6) is -1.16. The Labute approximate surface area is 226 Å². The number of carboxylic acid groups (broad SMARTS) is 1. The maximum absolute atomic E-state index is 13.9. The third-order valence-corrected chi connectivity index (χ3v) is 7.79. The first-order chi connectivity index (χ1) is 18.4. The lowest BCUT2D eigenvalue weighted by molar-refractivity contribution is -0.138. The summed E-state index contributed by atoms with van der Waals surface area (Å²) in [5, 5.41) is 29.0. The fraction of sp³-hybridized carbons (Fsp3) is 0.240. The first-order valence-electron chi connectivity index (χ1n) is 11.5. The van der Waals surface area contributed by atoms with Crippen LogP contribution in [0, 0.1) is 0 Å². The molecule has 0 aliphatic carbocycles. The first kappa shape index (κ1) is 26.6. The number of nitrogens with zero attached hydrogens (tertiary/aromatic N) is 4. The van der Waals surface area contributed by atoms with E-state index in [1.165, 1.54) is 18.3 Å². The lowest BCUT2D eigenvalue weighted by Gasteiger charge is -2.29. The van der Waals surface area contributed by atoms with E-state index < -0.39 is 47.0 Å². The molecule has 2 N–H and O–H groups in total. The summed E-state index contributed by atoms with van der Waals surface area (Å²) < 4.78 is 42.6. The minimum atomic E-state index is -4.72. The van der Waals surface area contributed by atoms with Crippen LogP contribution in [0.25, 0.3) is 5.57 Å². The van der Waals surface area contributed by atoms with E-state index in [1.807, 2.05) is 0 Å². The molecule has 14 heteroatoms. The van der Waals surface area contributed by atoms with Crippen molar-refractivity contribution in [1.82, 2.24) is 9.47 Å². The number of carbonyl (C=O) groups excluding carboxylic acids is 1. The van der Waals surface area contributed by atoms with E-state index in [0.29, 0.717) is 27.5 Å². The van der Waals surface area contributed by atoms with Crippen LogP contribution in [0.1, 0.15) is 34.0 Å². The summed E-state index contributed by atoms with van der Waals surface area (Å²) in [6, 6.07) is 7.10. The van der Waals surface area contributed by atoms with Gasteiger partial charge in [-0.15, -0.1) is 0 Å². The number of piperidine rings is 1. The van der Waals surface area contributed by atoms with Crippen molar-refractivity contribution in [2.75, 3.05) is 13.1 Å². The molecule has 0 spiro atoms. The number of ketones is 1. The van der Waals surface area contributed by atoms with E-state index in [-0.39, 0.29) is 40.4 Å². The minimum Gasteiger partial charge on any atom is -0.493 e. The van der Waals surface area contributed by atoms with E-state index in [9.17, 15) is 37.8 Å². The van der Waals surface area contributed by atoms with Crippen LogP contribution in [0.3, 0.4) is 0 Å². The van der Waals surface area contributed by atoms with Crippen LogP contribution in [0.15, 0.2) is 51.4 Å². The van der Waals surface area contributed by atoms with Gasteiger partial charge in [0.15, 0.2) is 5.78 Å². The fourth-order valence-electron chi connectivity index (χ4n) is 4.66. The molecule has 0 radical (unpaired) electrons. The van der Waals surface area contributed by atoms with Crippen molar-refractivity contribution in [2.45, 2.75) is 25.1 Å². The Morgan fingerprint density at radius 1 is 1.18 bits per heavy atom. The van der Waals surface area contributed by atoms with Gasteiger partial charge in [-0.2, -0.15) is 23.4 Å². The maximum atomic E-state index is 13.9. The van der Waals surface area contributed by atoms with Crippen LogP contribution < -0.4 is 15.4 Å². The van der Waals surface area contributed by atoms with Gasteiger partial charge in [0.2, 0.25) is 5.88 Å². The average Bonchev–Trinajstić information content (AvgIpc) is 3.46. The lowest BCUT2D eigenvalue weighted by Crippen LogP contribution is -2.45. The molecule has 2 aromatic carbocycles. The van der Waals surface area contributed by atoms with E-state index in [4.69, 9.17) is 11.6 Å². The predicted molar refractivity (Wildman–Crippen MR) is 136 cm³/mol. The van der Waals surface area contributed by atoms with Crippen LogP contribution in [-0.2, 0) is 17.4 Å². The number of likely N-dealkylation sites (tertiary alicyclic amines) is 1. The molecule has 3 aromatic rings. The molecule has 9 nitrogen and oxygen atoms in total. The molecule has 2 aliphatic heterocycles. The largest absolute Gasteiger partial charge is 0.493 e. The normalized spacial score (nSPS) is 17.7. The molecule has 3 heterocycles. The molecule has 1 fully saturated rings. The van der Waals surface area contributed by atoms with Gasteiger partial charge in [-0.3, -0.25) is 14.2 Å². The first-order valence-corrected chi connectivity index (χ1v) is 12.7. The second-order valence-electron chi connectivity index (χ2n) is 8.94. The number of carbonyl (C=O) groups is 2. The highest BCUT2D eigenvalue weighted by Crippen LogP contribution is 2.38. The topological polar surface area (TPSA) is 125 Å². The third kappa shape index (κ3) is 5.06. The average molecular weight is 579 g/mol. The molecule has 39 heavy (non-hydrogen) atoms. The van der Waals surface area contributed by atoms with Crippen molar-refractivity contribution in [1.29, 1.82) is 0 Å². The summed E-state index contributed by atoms with van der Waals surface area (Å²) in [7, 11) is 0. The number of alkyl halides is 3. The summed E-state index contributed by atoms with van der Waals surface area (Å²) in [6.07, 6.45) is -4.91. The van der Waals surface area contributed by atoms with Crippen molar-refractivity contribution in [3.05, 3.63) is 83.2 Å². The Hall–Kier alpha value is -3.97.